The molecule has 0 unspecified atom stereocenters. The minimum absolute atomic E-state index is 0.359. The Morgan fingerprint density at radius 2 is 1.62 bits per heavy atom. The summed E-state index contributed by atoms with van der Waals surface area (Å²) < 4.78 is 6.16. The largest absolute Gasteiger partial charge is 0.490 e. The summed E-state index contributed by atoms with van der Waals surface area (Å²) >= 11 is 0. The summed E-state index contributed by atoms with van der Waals surface area (Å²) in [6.07, 6.45) is 2.58. The molecule has 0 atom stereocenters. The zero-order chi connectivity index (χ0) is 14.5. The number of benzene rings is 2. The van der Waals surface area contributed by atoms with Crippen LogP contribution >= 0.6 is 0 Å². The molecule has 0 spiro atoms. The van der Waals surface area contributed by atoms with Crippen molar-refractivity contribution >= 4 is 0 Å². The Morgan fingerprint density at radius 1 is 0.952 bits per heavy atom. The van der Waals surface area contributed by atoms with Gasteiger partial charge in [-0.05, 0) is 37.0 Å². The van der Waals surface area contributed by atoms with Crippen molar-refractivity contribution in [2.45, 2.75) is 32.4 Å². The first-order valence-corrected chi connectivity index (χ1v) is 7.80. The molecule has 1 heterocycles. The molecule has 0 aromatic heterocycles. The molecule has 2 aromatic carbocycles. The molecule has 0 bridgehead atoms. The van der Waals surface area contributed by atoms with Gasteiger partial charge in [0.15, 0.2) is 0 Å². The standard InChI is InChI=1S/C19H23NO/c1-16-7-5-6-10-19(16)21-18-11-13-20(14-12-18)15-17-8-3-2-4-9-17/h2-10,18H,11-15H2,1H3. The lowest BCUT2D eigenvalue weighted by molar-refractivity contribution is 0.0962. The number of likely N-dealkylation sites (tertiary alicyclic amines) is 1. The van der Waals surface area contributed by atoms with Gasteiger partial charge in [0, 0.05) is 19.6 Å². The highest BCUT2D eigenvalue weighted by Gasteiger charge is 2.20. The number of rotatable bonds is 4. The summed E-state index contributed by atoms with van der Waals surface area (Å²) in [7, 11) is 0. The van der Waals surface area contributed by atoms with Gasteiger partial charge >= 0.3 is 0 Å². The second kappa shape index (κ2) is 6.77. The molecule has 1 aliphatic heterocycles. The van der Waals surface area contributed by atoms with Crippen molar-refractivity contribution in [2.75, 3.05) is 13.1 Å². The molecule has 0 N–H and O–H groups in total. The Hall–Kier alpha value is -1.80. The molecule has 1 saturated heterocycles. The van der Waals surface area contributed by atoms with Crippen LogP contribution in [0.25, 0.3) is 0 Å². The Kier molecular flexibility index (Phi) is 4.56. The van der Waals surface area contributed by atoms with Crippen LogP contribution in [0.15, 0.2) is 54.6 Å². The van der Waals surface area contributed by atoms with Crippen molar-refractivity contribution in [1.82, 2.24) is 4.90 Å². The van der Waals surface area contributed by atoms with E-state index in [1.807, 2.05) is 6.07 Å². The summed E-state index contributed by atoms with van der Waals surface area (Å²) in [5.74, 6) is 1.04. The molecule has 1 aliphatic rings. The molecule has 2 aromatic rings. The molecule has 0 amide bonds. The number of ether oxygens (including phenoxy) is 1. The van der Waals surface area contributed by atoms with Crippen LogP contribution in [-0.4, -0.2) is 24.1 Å². The van der Waals surface area contributed by atoms with E-state index in [2.05, 4.69) is 60.4 Å². The van der Waals surface area contributed by atoms with Crippen LogP contribution in [0.2, 0.25) is 0 Å². The van der Waals surface area contributed by atoms with Gasteiger partial charge in [-0.25, -0.2) is 0 Å². The molecule has 0 aliphatic carbocycles. The maximum Gasteiger partial charge on any atom is 0.122 e. The monoisotopic (exact) mass is 281 g/mol. The Balaban J connectivity index is 1.50. The number of piperidine rings is 1. The van der Waals surface area contributed by atoms with Gasteiger partial charge in [-0.15, -0.1) is 0 Å². The first-order chi connectivity index (χ1) is 10.3. The van der Waals surface area contributed by atoms with Gasteiger partial charge in [0.2, 0.25) is 0 Å². The molecule has 0 radical (unpaired) electrons. The zero-order valence-corrected chi connectivity index (χ0v) is 12.7. The Bertz CT molecular complexity index is 559. The maximum absolute atomic E-state index is 6.16. The highest BCUT2D eigenvalue weighted by molar-refractivity contribution is 5.32. The van der Waals surface area contributed by atoms with Crippen molar-refractivity contribution < 1.29 is 4.74 Å². The lowest BCUT2D eigenvalue weighted by Crippen LogP contribution is -2.37. The van der Waals surface area contributed by atoms with E-state index >= 15 is 0 Å². The average Bonchev–Trinajstić information content (AvgIpc) is 2.52. The number of nitrogens with zero attached hydrogens (tertiary/aromatic N) is 1. The first kappa shape index (κ1) is 14.2. The van der Waals surface area contributed by atoms with Crippen LogP contribution in [0, 0.1) is 6.92 Å². The van der Waals surface area contributed by atoms with Gasteiger partial charge < -0.3 is 4.74 Å². The summed E-state index contributed by atoms with van der Waals surface area (Å²) in [5, 5.41) is 0. The molecule has 2 nitrogen and oxygen atoms in total. The van der Waals surface area contributed by atoms with Crippen molar-refractivity contribution in [3.63, 3.8) is 0 Å². The topological polar surface area (TPSA) is 12.5 Å². The van der Waals surface area contributed by atoms with Crippen LogP contribution in [0.3, 0.4) is 0 Å². The molecular formula is C19H23NO. The van der Waals surface area contributed by atoms with E-state index in [1.54, 1.807) is 0 Å². The number of hydrogen-bond acceptors (Lipinski definition) is 2. The van der Waals surface area contributed by atoms with Gasteiger partial charge in [0.05, 0.1) is 0 Å². The number of aryl methyl sites for hydroxylation is 1. The second-order valence-corrected chi connectivity index (χ2v) is 5.84. The SMILES string of the molecule is Cc1ccccc1OC1CCN(Cc2ccccc2)CC1. The second-order valence-electron chi connectivity index (χ2n) is 5.84. The highest BCUT2D eigenvalue weighted by Crippen LogP contribution is 2.22. The fraction of sp³-hybridized carbons (Fsp3) is 0.368. The quantitative estimate of drug-likeness (QED) is 0.838. The molecule has 2 heteroatoms. The Morgan fingerprint density at radius 3 is 2.33 bits per heavy atom. The minimum atomic E-state index is 0.359. The maximum atomic E-state index is 6.16. The van der Waals surface area contributed by atoms with Crippen molar-refractivity contribution in [1.29, 1.82) is 0 Å². The van der Waals surface area contributed by atoms with Crippen molar-refractivity contribution in [3.05, 3.63) is 65.7 Å². The van der Waals surface area contributed by atoms with Gasteiger partial charge in [0.25, 0.3) is 0 Å². The molecule has 1 fully saturated rings. The summed E-state index contributed by atoms with van der Waals surface area (Å²) in [6.45, 7) is 5.40. The first-order valence-electron chi connectivity index (χ1n) is 7.80. The fourth-order valence-corrected chi connectivity index (χ4v) is 2.90. The molecule has 3 rings (SSSR count). The molecular weight excluding hydrogens is 258 g/mol. The number of hydrogen-bond donors (Lipinski definition) is 0. The van der Waals surface area contributed by atoms with Gasteiger partial charge in [-0.2, -0.15) is 0 Å². The fourth-order valence-electron chi connectivity index (χ4n) is 2.90. The lowest BCUT2D eigenvalue weighted by Gasteiger charge is -2.32. The van der Waals surface area contributed by atoms with Gasteiger partial charge in [0.1, 0.15) is 11.9 Å². The summed E-state index contributed by atoms with van der Waals surface area (Å²) in [5.41, 5.74) is 2.62. The third-order valence-electron chi connectivity index (χ3n) is 4.17. The van der Waals surface area contributed by atoms with E-state index in [4.69, 9.17) is 4.74 Å². The van der Waals surface area contributed by atoms with E-state index in [0.717, 1.165) is 38.2 Å². The molecule has 21 heavy (non-hydrogen) atoms. The lowest BCUT2D eigenvalue weighted by atomic mass is 10.1. The van der Waals surface area contributed by atoms with E-state index in [0.29, 0.717) is 6.10 Å². The third-order valence-corrected chi connectivity index (χ3v) is 4.17. The predicted molar refractivity (Wildman–Crippen MR) is 86.5 cm³/mol. The third kappa shape index (κ3) is 3.85. The van der Waals surface area contributed by atoms with Crippen LogP contribution < -0.4 is 4.74 Å². The van der Waals surface area contributed by atoms with E-state index in [1.165, 1.54) is 11.1 Å². The average molecular weight is 281 g/mol. The van der Waals surface area contributed by atoms with Crippen LogP contribution in [0.5, 0.6) is 5.75 Å². The zero-order valence-electron chi connectivity index (χ0n) is 12.7. The van der Waals surface area contributed by atoms with Crippen LogP contribution in [0.1, 0.15) is 24.0 Å². The molecule has 0 saturated carbocycles. The van der Waals surface area contributed by atoms with Crippen molar-refractivity contribution in [3.8, 4) is 5.75 Å². The normalized spacial score (nSPS) is 16.8. The van der Waals surface area contributed by atoms with E-state index < -0.39 is 0 Å². The number of para-hydroxylation sites is 1. The van der Waals surface area contributed by atoms with E-state index in [9.17, 15) is 0 Å². The van der Waals surface area contributed by atoms with Crippen LogP contribution in [0.4, 0.5) is 0 Å². The van der Waals surface area contributed by atoms with Gasteiger partial charge in [-0.3, -0.25) is 4.90 Å². The van der Waals surface area contributed by atoms with Crippen molar-refractivity contribution in [2.24, 2.45) is 0 Å². The summed E-state index contributed by atoms with van der Waals surface area (Å²) in [6, 6.07) is 19.0. The van der Waals surface area contributed by atoms with E-state index in [-0.39, 0.29) is 0 Å². The highest BCUT2D eigenvalue weighted by atomic mass is 16.5. The summed E-state index contributed by atoms with van der Waals surface area (Å²) in [4.78, 5) is 2.52. The van der Waals surface area contributed by atoms with Crippen LogP contribution in [-0.2, 0) is 6.54 Å². The minimum Gasteiger partial charge on any atom is -0.490 e. The Labute approximate surface area is 127 Å². The molecule has 110 valence electrons. The van der Waals surface area contributed by atoms with Gasteiger partial charge in [-0.1, -0.05) is 48.5 Å². The predicted octanol–water partition coefficient (Wildman–Crippen LogP) is 4.04. The smallest absolute Gasteiger partial charge is 0.122 e.